The van der Waals surface area contributed by atoms with E-state index in [0.29, 0.717) is 17.9 Å². The van der Waals surface area contributed by atoms with Crippen LogP contribution in [0.15, 0.2) is 54.6 Å². The smallest absolute Gasteiger partial charge is 0.239 e. The standard InChI is InChI=1S/C21H23N3O3/c1-26-19-11-5-6-12-20(19)27-14-8-7-13-22-21(25)18-15-17(23-24-18)16-9-3-2-4-10-16/h2-6,9-12,17-18,23-24H,13-15H2,1H3,(H,22,25). The van der Waals surface area contributed by atoms with Crippen LogP contribution in [0.25, 0.3) is 0 Å². The molecule has 0 spiro atoms. The molecule has 6 heteroatoms. The fourth-order valence-corrected chi connectivity index (χ4v) is 2.85. The van der Waals surface area contributed by atoms with Crippen LogP contribution in [-0.2, 0) is 4.79 Å². The van der Waals surface area contributed by atoms with Gasteiger partial charge in [0.25, 0.3) is 0 Å². The molecule has 0 aromatic heterocycles. The fraction of sp³-hybridized carbons (Fsp3) is 0.286. The van der Waals surface area contributed by atoms with Crippen molar-refractivity contribution < 1.29 is 14.3 Å². The number of nitrogens with one attached hydrogen (secondary N) is 3. The first-order valence-electron chi connectivity index (χ1n) is 8.83. The van der Waals surface area contributed by atoms with Gasteiger partial charge in [-0.25, -0.2) is 10.9 Å². The molecule has 0 bridgehead atoms. The molecule has 3 N–H and O–H groups in total. The topological polar surface area (TPSA) is 71.6 Å². The van der Waals surface area contributed by atoms with Crippen molar-refractivity contribution in [3.63, 3.8) is 0 Å². The number of benzene rings is 2. The molecule has 1 aliphatic rings. The molecule has 2 atom stereocenters. The Kier molecular flexibility index (Phi) is 6.69. The summed E-state index contributed by atoms with van der Waals surface area (Å²) in [5, 5.41) is 2.82. The molecule has 1 saturated heterocycles. The zero-order valence-electron chi connectivity index (χ0n) is 15.2. The average Bonchev–Trinajstić information content (AvgIpc) is 3.22. The number of rotatable bonds is 6. The molecule has 6 nitrogen and oxygen atoms in total. The lowest BCUT2D eigenvalue weighted by Crippen LogP contribution is -2.43. The summed E-state index contributed by atoms with van der Waals surface area (Å²) in [4.78, 5) is 12.2. The monoisotopic (exact) mass is 365 g/mol. The highest BCUT2D eigenvalue weighted by molar-refractivity contribution is 5.82. The molecule has 2 aromatic carbocycles. The third kappa shape index (κ3) is 5.23. The highest BCUT2D eigenvalue weighted by atomic mass is 16.5. The summed E-state index contributed by atoms with van der Waals surface area (Å²) < 4.78 is 10.8. The lowest BCUT2D eigenvalue weighted by atomic mass is 10.0. The maximum absolute atomic E-state index is 12.2. The maximum atomic E-state index is 12.2. The molecule has 2 unspecified atom stereocenters. The number of carbonyl (C=O) groups excluding carboxylic acids is 1. The van der Waals surface area contributed by atoms with Gasteiger partial charge in [0.2, 0.25) is 5.91 Å². The van der Waals surface area contributed by atoms with E-state index in [1.807, 2.05) is 54.6 Å². The number of hydrogen-bond donors (Lipinski definition) is 3. The summed E-state index contributed by atoms with van der Waals surface area (Å²) in [6.07, 6.45) is 0.695. The fourth-order valence-electron chi connectivity index (χ4n) is 2.85. The molecule has 27 heavy (non-hydrogen) atoms. The normalized spacial score (nSPS) is 18.3. The number of para-hydroxylation sites is 2. The summed E-state index contributed by atoms with van der Waals surface area (Å²) in [6, 6.07) is 17.3. The zero-order valence-corrected chi connectivity index (χ0v) is 15.2. The molecular formula is C21H23N3O3. The van der Waals surface area contributed by atoms with Crippen molar-refractivity contribution in [1.82, 2.24) is 16.2 Å². The van der Waals surface area contributed by atoms with Crippen molar-refractivity contribution in [2.24, 2.45) is 0 Å². The van der Waals surface area contributed by atoms with Gasteiger partial charge in [-0.05, 0) is 24.1 Å². The molecule has 1 fully saturated rings. The van der Waals surface area contributed by atoms with Crippen molar-refractivity contribution in [3.05, 3.63) is 60.2 Å². The second-order valence-electron chi connectivity index (χ2n) is 6.05. The van der Waals surface area contributed by atoms with Crippen LogP contribution in [0.3, 0.4) is 0 Å². The molecule has 3 rings (SSSR count). The molecule has 0 radical (unpaired) electrons. The van der Waals surface area contributed by atoms with E-state index >= 15 is 0 Å². The second-order valence-corrected chi connectivity index (χ2v) is 6.05. The number of amides is 1. The first-order chi connectivity index (χ1) is 13.3. The summed E-state index contributed by atoms with van der Waals surface area (Å²) >= 11 is 0. The quantitative estimate of drug-likeness (QED) is 0.681. The van der Waals surface area contributed by atoms with Crippen molar-refractivity contribution in [2.75, 3.05) is 20.3 Å². The molecule has 1 heterocycles. The molecule has 0 aliphatic carbocycles. The van der Waals surface area contributed by atoms with Crippen LogP contribution in [-0.4, -0.2) is 32.2 Å². The summed E-state index contributed by atoms with van der Waals surface area (Å²) in [5.74, 6) is 7.02. The van der Waals surface area contributed by atoms with Gasteiger partial charge in [-0.15, -0.1) is 0 Å². The van der Waals surface area contributed by atoms with Crippen LogP contribution in [0.4, 0.5) is 0 Å². The minimum atomic E-state index is -0.276. The first-order valence-corrected chi connectivity index (χ1v) is 8.83. The lowest BCUT2D eigenvalue weighted by molar-refractivity contribution is -0.122. The number of carbonyl (C=O) groups is 1. The van der Waals surface area contributed by atoms with E-state index in [4.69, 9.17) is 9.47 Å². The van der Waals surface area contributed by atoms with Gasteiger partial charge in [0.05, 0.1) is 13.7 Å². The third-order valence-electron chi connectivity index (χ3n) is 4.27. The van der Waals surface area contributed by atoms with Gasteiger partial charge in [-0.3, -0.25) is 4.79 Å². The Bertz CT molecular complexity index is 814. The van der Waals surface area contributed by atoms with E-state index in [0.717, 1.165) is 5.56 Å². The summed E-state index contributed by atoms with van der Waals surface area (Å²) in [7, 11) is 1.59. The SMILES string of the molecule is COc1ccccc1OCC#CCNC(=O)C1CC(c2ccccc2)NN1. The van der Waals surface area contributed by atoms with Gasteiger partial charge in [0.1, 0.15) is 12.6 Å². The van der Waals surface area contributed by atoms with Gasteiger partial charge >= 0.3 is 0 Å². The van der Waals surface area contributed by atoms with Crippen LogP contribution in [0.2, 0.25) is 0 Å². The van der Waals surface area contributed by atoms with Gasteiger partial charge in [-0.1, -0.05) is 54.3 Å². The second kappa shape index (κ2) is 9.62. The minimum Gasteiger partial charge on any atom is -0.493 e. The van der Waals surface area contributed by atoms with Gasteiger partial charge in [0.15, 0.2) is 11.5 Å². The predicted octanol–water partition coefficient (Wildman–Crippen LogP) is 1.80. The molecule has 140 valence electrons. The van der Waals surface area contributed by atoms with E-state index in [-0.39, 0.29) is 31.1 Å². The van der Waals surface area contributed by atoms with E-state index in [1.54, 1.807) is 7.11 Å². The van der Waals surface area contributed by atoms with Crippen LogP contribution in [0, 0.1) is 11.8 Å². The van der Waals surface area contributed by atoms with Crippen LogP contribution < -0.4 is 25.6 Å². The Balaban J connectivity index is 1.38. The van der Waals surface area contributed by atoms with Crippen molar-refractivity contribution in [2.45, 2.75) is 18.5 Å². The Morgan fingerprint density at radius 1 is 1.07 bits per heavy atom. The number of hydrazine groups is 1. The average molecular weight is 365 g/mol. The Labute approximate surface area is 159 Å². The van der Waals surface area contributed by atoms with Crippen LogP contribution in [0.1, 0.15) is 18.0 Å². The van der Waals surface area contributed by atoms with Crippen LogP contribution in [0.5, 0.6) is 11.5 Å². The minimum absolute atomic E-state index is 0.0686. The van der Waals surface area contributed by atoms with E-state index in [9.17, 15) is 4.79 Å². The highest BCUT2D eigenvalue weighted by Gasteiger charge is 2.29. The number of hydrogen-bond acceptors (Lipinski definition) is 5. The van der Waals surface area contributed by atoms with E-state index < -0.39 is 0 Å². The maximum Gasteiger partial charge on any atom is 0.239 e. The molecule has 1 aliphatic heterocycles. The van der Waals surface area contributed by atoms with Gasteiger partial charge in [-0.2, -0.15) is 0 Å². The van der Waals surface area contributed by atoms with Crippen LogP contribution >= 0.6 is 0 Å². The van der Waals surface area contributed by atoms with Crippen molar-refractivity contribution in [3.8, 4) is 23.3 Å². The Morgan fingerprint density at radius 2 is 1.81 bits per heavy atom. The number of ether oxygens (including phenoxy) is 2. The van der Waals surface area contributed by atoms with Crippen molar-refractivity contribution >= 4 is 5.91 Å². The third-order valence-corrected chi connectivity index (χ3v) is 4.27. The summed E-state index contributed by atoms with van der Waals surface area (Å²) in [6.45, 7) is 0.512. The molecular weight excluding hydrogens is 342 g/mol. The predicted molar refractivity (Wildman–Crippen MR) is 103 cm³/mol. The Morgan fingerprint density at radius 3 is 2.59 bits per heavy atom. The van der Waals surface area contributed by atoms with Crippen molar-refractivity contribution in [1.29, 1.82) is 0 Å². The molecule has 1 amide bonds. The summed E-state index contributed by atoms with van der Waals surface area (Å²) in [5.41, 5.74) is 7.37. The van der Waals surface area contributed by atoms with E-state index in [1.165, 1.54) is 0 Å². The Hall–Kier alpha value is -3.01. The lowest BCUT2D eigenvalue weighted by Gasteiger charge is -2.09. The molecule has 2 aromatic rings. The van der Waals surface area contributed by atoms with E-state index in [2.05, 4.69) is 28.0 Å². The largest absolute Gasteiger partial charge is 0.493 e. The molecule has 0 saturated carbocycles. The highest BCUT2D eigenvalue weighted by Crippen LogP contribution is 2.25. The van der Waals surface area contributed by atoms with Gasteiger partial charge in [0, 0.05) is 6.04 Å². The number of methoxy groups -OCH3 is 1. The van der Waals surface area contributed by atoms with Gasteiger partial charge < -0.3 is 14.8 Å². The first kappa shape index (κ1) is 18.8. The zero-order chi connectivity index (χ0) is 18.9.